The van der Waals surface area contributed by atoms with E-state index in [9.17, 15) is 4.79 Å². The van der Waals surface area contributed by atoms with Crippen LogP contribution in [0.1, 0.15) is 48.6 Å². The summed E-state index contributed by atoms with van der Waals surface area (Å²) in [7, 11) is 0. The summed E-state index contributed by atoms with van der Waals surface area (Å²) in [6, 6.07) is 3.89. The summed E-state index contributed by atoms with van der Waals surface area (Å²) in [4.78, 5) is 21.0. The highest BCUT2D eigenvalue weighted by Crippen LogP contribution is 2.29. The summed E-state index contributed by atoms with van der Waals surface area (Å²) in [5.41, 5.74) is 0.643. The van der Waals surface area contributed by atoms with Gasteiger partial charge in [-0.1, -0.05) is 12.8 Å². The van der Waals surface area contributed by atoms with E-state index in [1.165, 1.54) is 19.2 Å². The number of hydrogen-bond donors (Lipinski definition) is 2. The number of nitrogens with zero attached hydrogens (tertiary/aromatic N) is 4. The topological polar surface area (TPSA) is 94.0 Å². The molecule has 1 aliphatic carbocycles. The molecule has 2 aromatic rings. The average Bonchev–Trinajstić information content (AvgIpc) is 3.35. The first-order valence-electron chi connectivity index (χ1n) is 9.26. The van der Waals surface area contributed by atoms with E-state index in [1.54, 1.807) is 18.5 Å². The maximum absolute atomic E-state index is 12.9. The Morgan fingerprint density at radius 3 is 2.85 bits per heavy atom. The first kappa shape index (κ1) is 17.0. The van der Waals surface area contributed by atoms with Gasteiger partial charge < -0.3 is 15.4 Å². The van der Waals surface area contributed by atoms with Crippen LogP contribution in [0, 0.1) is 0 Å². The summed E-state index contributed by atoms with van der Waals surface area (Å²) in [6.45, 7) is 1.16. The van der Waals surface area contributed by atoms with Gasteiger partial charge in [-0.3, -0.25) is 9.48 Å². The van der Waals surface area contributed by atoms with Crippen LogP contribution < -0.4 is 10.6 Å². The minimum atomic E-state index is -0.0733. The minimum Gasteiger partial charge on any atom is -0.379 e. The van der Waals surface area contributed by atoms with E-state index in [0.717, 1.165) is 25.1 Å². The second kappa shape index (κ2) is 7.82. The average molecular weight is 356 g/mol. The normalized spacial score (nSPS) is 23.7. The SMILES string of the molecule is O=C(N[C@H]1CCOC[C@H]1Nc1ccncn1)c1ccnn1C1CCCC1. The number of ether oxygens (including phenoxy) is 1. The van der Waals surface area contributed by atoms with Gasteiger partial charge in [0.25, 0.3) is 5.91 Å². The molecule has 3 heterocycles. The van der Waals surface area contributed by atoms with E-state index in [-0.39, 0.29) is 18.0 Å². The van der Waals surface area contributed by atoms with Gasteiger partial charge in [0, 0.05) is 19.0 Å². The van der Waals surface area contributed by atoms with Crippen molar-refractivity contribution in [1.29, 1.82) is 0 Å². The molecule has 1 aliphatic heterocycles. The second-order valence-electron chi connectivity index (χ2n) is 6.89. The van der Waals surface area contributed by atoms with Crippen molar-refractivity contribution < 1.29 is 9.53 Å². The van der Waals surface area contributed by atoms with Crippen molar-refractivity contribution in [2.24, 2.45) is 0 Å². The molecule has 2 fully saturated rings. The van der Waals surface area contributed by atoms with E-state index >= 15 is 0 Å². The van der Waals surface area contributed by atoms with Gasteiger partial charge in [-0.2, -0.15) is 5.10 Å². The molecule has 1 saturated heterocycles. The van der Waals surface area contributed by atoms with Gasteiger partial charge in [-0.15, -0.1) is 0 Å². The maximum Gasteiger partial charge on any atom is 0.269 e. The van der Waals surface area contributed by atoms with Crippen LogP contribution in [-0.4, -0.2) is 51.0 Å². The highest BCUT2D eigenvalue weighted by Gasteiger charge is 2.29. The third kappa shape index (κ3) is 3.70. The minimum absolute atomic E-state index is 0.0295. The smallest absolute Gasteiger partial charge is 0.269 e. The number of anilines is 1. The highest BCUT2D eigenvalue weighted by atomic mass is 16.5. The molecule has 0 radical (unpaired) electrons. The molecule has 1 amide bonds. The van der Waals surface area contributed by atoms with Gasteiger partial charge in [0.1, 0.15) is 17.8 Å². The Kier molecular flexibility index (Phi) is 5.10. The Bertz CT molecular complexity index is 728. The van der Waals surface area contributed by atoms with Crippen molar-refractivity contribution in [1.82, 2.24) is 25.1 Å². The van der Waals surface area contributed by atoms with Crippen LogP contribution in [0.3, 0.4) is 0 Å². The highest BCUT2D eigenvalue weighted by molar-refractivity contribution is 5.92. The molecule has 0 aromatic carbocycles. The fourth-order valence-corrected chi connectivity index (χ4v) is 3.80. The molecule has 0 unspecified atom stereocenters. The van der Waals surface area contributed by atoms with Gasteiger partial charge in [0.05, 0.1) is 24.7 Å². The monoisotopic (exact) mass is 356 g/mol. The summed E-state index contributed by atoms with van der Waals surface area (Å²) in [5.74, 6) is 0.654. The van der Waals surface area contributed by atoms with E-state index in [1.807, 2.05) is 10.7 Å². The zero-order valence-electron chi connectivity index (χ0n) is 14.7. The lowest BCUT2D eigenvalue weighted by Gasteiger charge is -2.33. The quantitative estimate of drug-likeness (QED) is 0.848. The van der Waals surface area contributed by atoms with Gasteiger partial charge in [0.15, 0.2) is 0 Å². The molecule has 2 atom stereocenters. The Hall–Kier alpha value is -2.48. The molecule has 4 rings (SSSR count). The lowest BCUT2D eigenvalue weighted by molar-refractivity contribution is 0.0615. The molecule has 2 N–H and O–H groups in total. The fourth-order valence-electron chi connectivity index (χ4n) is 3.80. The van der Waals surface area contributed by atoms with Crippen LogP contribution >= 0.6 is 0 Å². The second-order valence-corrected chi connectivity index (χ2v) is 6.89. The standard InChI is InChI=1S/C18H24N6O2/c25-18(16-5-9-21-24(16)13-3-1-2-4-13)23-14-7-10-26-11-15(14)22-17-6-8-19-12-20-17/h5-6,8-9,12-15H,1-4,7,10-11H2,(H,23,25)(H,19,20,22)/t14-,15+/m0/s1. The first-order chi connectivity index (χ1) is 12.8. The van der Waals surface area contributed by atoms with E-state index in [0.29, 0.717) is 24.9 Å². The van der Waals surface area contributed by atoms with Crippen molar-refractivity contribution >= 4 is 11.7 Å². The number of carbonyl (C=O) groups excluding carboxylic acids is 1. The zero-order valence-corrected chi connectivity index (χ0v) is 14.7. The van der Waals surface area contributed by atoms with Gasteiger partial charge in [0.2, 0.25) is 0 Å². The number of rotatable bonds is 5. The van der Waals surface area contributed by atoms with E-state index in [4.69, 9.17) is 4.74 Å². The predicted molar refractivity (Wildman–Crippen MR) is 95.9 cm³/mol. The molecular formula is C18H24N6O2. The Labute approximate surface area is 152 Å². The van der Waals surface area contributed by atoms with Crippen LogP contribution in [0.2, 0.25) is 0 Å². The van der Waals surface area contributed by atoms with Crippen molar-refractivity contribution in [3.8, 4) is 0 Å². The van der Waals surface area contributed by atoms with Crippen molar-refractivity contribution in [2.75, 3.05) is 18.5 Å². The number of amides is 1. The summed E-state index contributed by atoms with van der Waals surface area (Å²) in [6.07, 6.45) is 10.3. The molecule has 8 heteroatoms. The summed E-state index contributed by atoms with van der Waals surface area (Å²) < 4.78 is 7.48. The lowest BCUT2D eigenvalue weighted by Crippen LogP contribution is -2.52. The zero-order chi connectivity index (χ0) is 17.8. The van der Waals surface area contributed by atoms with Crippen molar-refractivity contribution in [3.63, 3.8) is 0 Å². The number of hydrogen-bond acceptors (Lipinski definition) is 6. The van der Waals surface area contributed by atoms with Crippen molar-refractivity contribution in [2.45, 2.75) is 50.2 Å². The third-order valence-corrected chi connectivity index (χ3v) is 5.16. The van der Waals surface area contributed by atoms with E-state index < -0.39 is 0 Å². The van der Waals surface area contributed by atoms with Crippen LogP contribution in [0.25, 0.3) is 0 Å². The third-order valence-electron chi connectivity index (χ3n) is 5.16. The predicted octanol–water partition coefficient (Wildman–Crippen LogP) is 1.79. The van der Waals surface area contributed by atoms with Crippen LogP contribution in [0.5, 0.6) is 0 Å². The van der Waals surface area contributed by atoms with Gasteiger partial charge in [-0.05, 0) is 31.4 Å². The van der Waals surface area contributed by atoms with Gasteiger partial charge >= 0.3 is 0 Å². The molecular weight excluding hydrogens is 332 g/mol. The molecule has 2 aromatic heterocycles. The first-order valence-corrected chi connectivity index (χ1v) is 9.26. The number of carbonyl (C=O) groups is 1. The molecule has 0 spiro atoms. The molecule has 26 heavy (non-hydrogen) atoms. The molecule has 138 valence electrons. The van der Waals surface area contributed by atoms with Crippen LogP contribution in [-0.2, 0) is 4.74 Å². The fraction of sp³-hybridized carbons (Fsp3) is 0.556. The largest absolute Gasteiger partial charge is 0.379 e. The van der Waals surface area contributed by atoms with Crippen LogP contribution in [0.4, 0.5) is 5.82 Å². The molecule has 0 bridgehead atoms. The summed E-state index contributed by atoms with van der Waals surface area (Å²) in [5, 5.41) is 10.9. The Morgan fingerprint density at radius 2 is 2.04 bits per heavy atom. The van der Waals surface area contributed by atoms with Crippen LogP contribution in [0.15, 0.2) is 30.9 Å². The van der Waals surface area contributed by atoms with E-state index in [2.05, 4.69) is 25.7 Å². The Morgan fingerprint density at radius 1 is 1.15 bits per heavy atom. The number of nitrogens with one attached hydrogen (secondary N) is 2. The molecule has 1 saturated carbocycles. The molecule has 8 nitrogen and oxygen atoms in total. The molecule has 2 aliphatic rings. The van der Waals surface area contributed by atoms with Gasteiger partial charge in [-0.25, -0.2) is 9.97 Å². The summed E-state index contributed by atoms with van der Waals surface area (Å²) >= 11 is 0. The maximum atomic E-state index is 12.9. The lowest BCUT2D eigenvalue weighted by atomic mass is 10.0. The Balaban J connectivity index is 1.44. The number of aromatic nitrogens is 4. The van der Waals surface area contributed by atoms with Crippen molar-refractivity contribution in [3.05, 3.63) is 36.5 Å².